The molecule has 1 heterocycles. The molecule has 0 spiro atoms. The van der Waals surface area contributed by atoms with Crippen LogP contribution in [0.5, 0.6) is 0 Å². The Balaban J connectivity index is 1.85. The van der Waals surface area contributed by atoms with Crippen LogP contribution in [0.4, 0.5) is 0 Å². The van der Waals surface area contributed by atoms with E-state index in [1.165, 1.54) is 48.1 Å². The highest BCUT2D eigenvalue weighted by Gasteiger charge is 2.47. The van der Waals surface area contributed by atoms with Gasteiger partial charge >= 0.3 is 0 Å². The van der Waals surface area contributed by atoms with Crippen molar-refractivity contribution in [2.45, 2.75) is 78.2 Å². The molecule has 2 unspecified atom stereocenters. The molecule has 0 saturated carbocycles. The predicted molar refractivity (Wildman–Crippen MR) is 141 cm³/mol. The van der Waals surface area contributed by atoms with Crippen LogP contribution in [0, 0.1) is 12.8 Å². The number of likely N-dealkylation sites (tertiary alicyclic amines) is 1. The van der Waals surface area contributed by atoms with Gasteiger partial charge in [0.25, 0.3) is 0 Å². The van der Waals surface area contributed by atoms with Crippen molar-refractivity contribution in [3.63, 3.8) is 0 Å². The van der Waals surface area contributed by atoms with E-state index in [0.29, 0.717) is 12.0 Å². The standard InChI is InChI=1S/C31H43N/c1-8-11-28(13-10-12-23(3)4)25(6)20-26-16-17-31(18-19-32(7)30(31)21-26)29-15-14-24(5)27(9-2)22-29/h8,10-15,21-23,30H,6,9,16-20H2,1-5,7H3/b11-8-,12-10+,28-13+. The molecule has 1 saturated heterocycles. The van der Waals surface area contributed by atoms with Gasteiger partial charge in [-0.15, -0.1) is 0 Å². The Hall–Kier alpha value is -2.12. The summed E-state index contributed by atoms with van der Waals surface area (Å²) in [6.07, 6.45) is 19.3. The largest absolute Gasteiger partial charge is 0.299 e. The zero-order valence-electron chi connectivity index (χ0n) is 21.2. The molecule has 1 aliphatic heterocycles. The lowest BCUT2D eigenvalue weighted by atomic mass is 9.66. The van der Waals surface area contributed by atoms with E-state index in [-0.39, 0.29) is 5.41 Å². The van der Waals surface area contributed by atoms with Crippen molar-refractivity contribution >= 4 is 0 Å². The van der Waals surface area contributed by atoms with E-state index in [0.717, 1.165) is 12.8 Å². The van der Waals surface area contributed by atoms with Gasteiger partial charge in [-0.2, -0.15) is 0 Å². The number of nitrogens with zero attached hydrogens (tertiary/aromatic N) is 1. The maximum atomic E-state index is 4.47. The lowest BCUT2D eigenvalue weighted by molar-refractivity contribution is 0.266. The molecule has 1 aromatic carbocycles. The Morgan fingerprint density at radius 3 is 2.75 bits per heavy atom. The second-order valence-electron chi connectivity index (χ2n) is 10.2. The number of rotatable bonds is 8. The summed E-state index contributed by atoms with van der Waals surface area (Å²) in [6.45, 7) is 16.7. The third-order valence-electron chi connectivity index (χ3n) is 7.51. The molecule has 0 aromatic heterocycles. The van der Waals surface area contributed by atoms with Crippen molar-refractivity contribution in [3.05, 3.63) is 94.6 Å². The van der Waals surface area contributed by atoms with Crippen molar-refractivity contribution in [2.24, 2.45) is 5.92 Å². The first-order chi connectivity index (χ1) is 15.3. The summed E-state index contributed by atoms with van der Waals surface area (Å²) in [4.78, 5) is 2.57. The van der Waals surface area contributed by atoms with Crippen molar-refractivity contribution < 1.29 is 0 Å². The summed E-state index contributed by atoms with van der Waals surface area (Å²) < 4.78 is 0. The van der Waals surface area contributed by atoms with Crippen molar-refractivity contribution in [1.29, 1.82) is 0 Å². The van der Waals surface area contributed by atoms with Crippen LogP contribution in [0.3, 0.4) is 0 Å². The summed E-state index contributed by atoms with van der Waals surface area (Å²) in [5.74, 6) is 0.563. The monoisotopic (exact) mass is 429 g/mol. The third kappa shape index (κ3) is 5.26. The number of aryl methyl sites for hydroxylation is 2. The van der Waals surface area contributed by atoms with E-state index < -0.39 is 0 Å². The summed E-state index contributed by atoms with van der Waals surface area (Å²) in [7, 11) is 2.30. The number of allylic oxidation sites excluding steroid dienone is 8. The van der Waals surface area contributed by atoms with Gasteiger partial charge in [0.15, 0.2) is 0 Å². The molecule has 3 rings (SSSR count). The van der Waals surface area contributed by atoms with E-state index in [1.54, 1.807) is 11.1 Å². The molecule has 0 N–H and O–H groups in total. The minimum absolute atomic E-state index is 0.263. The highest BCUT2D eigenvalue weighted by atomic mass is 15.2. The Morgan fingerprint density at radius 2 is 2.06 bits per heavy atom. The Kier molecular flexibility index (Phi) is 8.17. The Labute approximate surface area is 197 Å². The van der Waals surface area contributed by atoms with E-state index in [2.05, 4.69) is 108 Å². The second-order valence-corrected chi connectivity index (χ2v) is 10.2. The Morgan fingerprint density at radius 1 is 1.28 bits per heavy atom. The zero-order valence-corrected chi connectivity index (χ0v) is 21.2. The van der Waals surface area contributed by atoms with Crippen molar-refractivity contribution in [2.75, 3.05) is 13.6 Å². The molecule has 1 nitrogen and oxygen atoms in total. The maximum absolute atomic E-state index is 4.47. The van der Waals surface area contributed by atoms with Crippen LogP contribution in [0.2, 0.25) is 0 Å². The smallest absolute Gasteiger partial charge is 0.0375 e. The topological polar surface area (TPSA) is 3.24 Å². The van der Waals surface area contributed by atoms with Crippen LogP contribution in [0.25, 0.3) is 0 Å². The lowest BCUT2D eigenvalue weighted by Gasteiger charge is -2.41. The summed E-state index contributed by atoms with van der Waals surface area (Å²) >= 11 is 0. The first kappa shape index (κ1) is 24.5. The molecule has 172 valence electrons. The Bertz CT molecular complexity index is 939. The highest BCUT2D eigenvalue weighted by Crippen LogP contribution is 2.48. The molecule has 0 amide bonds. The number of likely N-dealkylation sites (N-methyl/N-ethyl adjacent to an activating group) is 1. The number of hydrogen-bond acceptors (Lipinski definition) is 1. The van der Waals surface area contributed by atoms with Gasteiger partial charge in [0.1, 0.15) is 0 Å². The molecule has 2 atom stereocenters. The van der Waals surface area contributed by atoms with Gasteiger partial charge in [0.2, 0.25) is 0 Å². The number of hydrogen-bond donors (Lipinski definition) is 0. The summed E-state index contributed by atoms with van der Waals surface area (Å²) in [5, 5.41) is 0. The molecule has 32 heavy (non-hydrogen) atoms. The van der Waals surface area contributed by atoms with Gasteiger partial charge in [-0.3, -0.25) is 4.90 Å². The average Bonchev–Trinajstić information content (AvgIpc) is 3.10. The van der Waals surface area contributed by atoms with Gasteiger partial charge in [0, 0.05) is 11.5 Å². The highest BCUT2D eigenvalue weighted by molar-refractivity contribution is 5.45. The SMILES string of the molecule is C=C(CC1=CC2N(C)CCC2(c2ccc(C)c(CC)c2)CC1)C(/C=C\C)=C/C=C/C(C)C. The predicted octanol–water partition coefficient (Wildman–Crippen LogP) is 7.88. The van der Waals surface area contributed by atoms with Crippen molar-refractivity contribution in [3.8, 4) is 0 Å². The van der Waals surface area contributed by atoms with Gasteiger partial charge < -0.3 is 0 Å². The molecule has 1 aliphatic carbocycles. The molecular weight excluding hydrogens is 386 g/mol. The minimum Gasteiger partial charge on any atom is -0.299 e. The second kappa shape index (κ2) is 10.7. The first-order valence-electron chi connectivity index (χ1n) is 12.5. The number of benzene rings is 1. The zero-order chi connectivity index (χ0) is 23.3. The van der Waals surface area contributed by atoms with Crippen LogP contribution in [-0.2, 0) is 11.8 Å². The minimum atomic E-state index is 0.263. The van der Waals surface area contributed by atoms with Crippen LogP contribution in [0.15, 0.2) is 78.0 Å². The maximum Gasteiger partial charge on any atom is 0.0375 e. The van der Waals surface area contributed by atoms with Crippen LogP contribution in [-0.4, -0.2) is 24.5 Å². The number of fused-ring (bicyclic) bond motifs is 1. The molecule has 0 radical (unpaired) electrons. The fraction of sp³-hybridized carbons (Fsp3) is 0.484. The van der Waals surface area contributed by atoms with E-state index >= 15 is 0 Å². The first-order valence-corrected chi connectivity index (χ1v) is 12.5. The summed E-state index contributed by atoms with van der Waals surface area (Å²) in [6, 6.07) is 7.75. The van der Waals surface area contributed by atoms with Crippen LogP contribution in [0.1, 0.15) is 70.1 Å². The van der Waals surface area contributed by atoms with Crippen molar-refractivity contribution in [1.82, 2.24) is 4.90 Å². The molecular formula is C31H43N. The lowest BCUT2D eigenvalue weighted by Crippen LogP contribution is -2.42. The fourth-order valence-electron chi connectivity index (χ4n) is 5.53. The third-order valence-corrected chi connectivity index (χ3v) is 7.51. The molecule has 2 aliphatic rings. The van der Waals surface area contributed by atoms with Crippen LogP contribution >= 0.6 is 0 Å². The van der Waals surface area contributed by atoms with Gasteiger partial charge in [-0.25, -0.2) is 0 Å². The van der Waals surface area contributed by atoms with Gasteiger partial charge in [-0.05, 0) is 93.3 Å². The van der Waals surface area contributed by atoms with Crippen LogP contribution < -0.4 is 0 Å². The molecule has 1 fully saturated rings. The molecule has 0 bridgehead atoms. The van der Waals surface area contributed by atoms with E-state index in [4.69, 9.17) is 0 Å². The normalized spacial score (nSPS) is 24.5. The molecule has 1 aromatic rings. The fourth-order valence-corrected chi connectivity index (χ4v) is 5.53. The van der Waals surface area contributed by atoms with E-state index in [9.17, 15) is 0 Å². The average molecular weight is 430 g/mol. The van der Waals surface area contributed by atoms with Gasteiger partial charge in [0.05, 0.1) is 0 Å². The van der Waals surface area contributed by atoms with Gasteiger partial charge in [-0.1, -0.05) is 87.6 Å². The molecule has 1 heteroatoms. The quantitative estimate of drug-likeness (QED) is 0.300. The summed E-state index contributed by atoms with van der Waals surface area (Å²) in [5.41, 5.74) is 8.76. The van der Waals surface area contributed by atoms with E-state index in [1.807, 2.05) is 0 Å².